The molecule has 6 nitrogen and oxygen atoms in total. The number of benzene rings is 1. The predicted octanol–water partition coefficient (Wildman–Crippen LogP) is 3.08. The average Bonchev–Trinajstić information content (AvgIpc) is 3.00. The third kappa shape index (κ3) is 6.31. The Labute approximate surface area is 153 Å². The zero-order chi connectivity index (χ0) is 18.1. The molecule has 1 aromatic carbocycles. The first-order valence-electron chi connectivity index (χ1n) is 8.45. The number of hydrogen-bond donors (Lipinski definition) is 1. The second kappa shape index (κ2) is 9.93. The normalized spacial score (nSPS) is 10.5. The summed E-state index contributed by atoms with van der Waals surface area (Å²) in [4.78, 5) is 12.1. The highest BCUT2D eigenvalue weighted by Gasteiger charge is 2.09. The van der Waals surface area contributed by atoms with Gasteiger partial charge in [0.15, 0.2) is 11.5 Å². The van der Waals surface area contributed by atoms with Crippen LogP contribution in [0.25, 0.3) is 0 Å². The standard InChI is InChI=1S/C18H24ClN3O3/c1-3-24-16-7-6-14(10-17(16)25-4-2)11-18(23)20-8-5-9-22-13-15(19)12-21-22/h6-7,10,12-13H,3-5,8-9,11H2,1-2H3,(H,20,23). The lowest BCUT2D eigenvalue weighted by Crippen LogP contribution is -2.26. The topological polar surface area (TPSA) is 65.4 Å². The molecule has 1 heterocycles. The van der Waals surface area contributed by atoms with Crippen LogP contribution in [0.5, 0.6) is 11.5 Å². The van der Waals surface area contributed by atoms with E-state index in [1.54, 1.807) is 17.1 Å². The van der Waals surface area contributed by atoms with Crippen LogP contribution in [-0.4, -0.2) is 35.4 Å². The molecular weight excluding hydrogens is 342 g/mol. The van der Waals surface area contributed by atoms with Crippen LogP contribution in [-0.2, 0) is 17.8 Å². The van der Waals surface area contributed by atoms with Gasteiger partial charge in [-0.15, -0.1) is 0 Å². The Morgan fingerprint density at radius 2 is 2.00 bits per heavy atom. The van der Waals surface area contributed by atoms with Gasteiger partial charge in [0, 0.05) is 19.3 Å². The summed E-state index contributed by atoms with van der Waals surface area (Å²) in [5.41, 5.74) is 0.892. The molecule has 0 radical (unpaired) electrons. The zero-order valence-corrected chi connectivity index (χ0v) is 15.4. The number of aryl methyl sites for hydroxylation is 1. The Balaban J connectivity index is 1.80. The number of halogens is 1. The van der Waals surface area contributed by atoms with Crippen LogP contribution in [0.4, 0.5) is 0 Å². The van der Waals surface area contributed by atoms with E-state index in [1.165, 1.54) is 0 Å². The largest absolute Gasteiger partial charge is 0.490 e. The number of carbonyl (C=O) groups excluding carboxylic acids is 1. The molecule has 0 aliphatic carbocycles. The Morgan fingerprint density at radius 1 is 1.24 bits per heavy atom. The zero-order valence-electron chi connectivity index (χ0n) is 14.6. The number of aromatic nitrogens is 2. The Kier molecular flexibility index (Phi) is 7.60. The molecule has 0 bridgehead atoms. The predicted molar refractivity (Wildman–Crippen MR) is 97.3 cm³/mol. The molecule has 25 heavy (non-hydrogen) atoms. The first-order valence-corrected chi connectivity index (χ1v) is 8.83. The smallest absolute Gasteiger partial charge is 0.224 e. The van der Waals surface area contributed by atoms with Crippen molar-refractivity contribution in [1.82, 2.24) is 15.1 Å². The fourth-order valence-corrected chi connectivity index (χ4v) is 2.54. The summed E-state index contributed by atoms with van der Waals surface area (Å²) in [6.45, 7) is 6.26. The van der Waals surface area contributed by atoms with E-state index in [2.05, 4.69) is 10.4 Å². The number of nitrogens with zero attached hydrogens (tertiary/aromatic N) is 2. The van der Waals surface area contributed by atoms with Gasteiger partial charge in [0.1, 0.15) is 0 Å². The summed E-state index contributed by atoms with van der Waals surface area (Å²) >= 11 is 5.81. The van der Waals surface area contributed by atoms with Gasteiger partial charge in [0.2, 0.25) is 5.91 Å². The molecule has 2 rings (SSSR count). The van der Waals surface area contributed by atoms with Crippen molar-refractivity contribution in [3.8, 4) is 11.5 Å². The van der Waals surface area contributed by atoms with Gasteiger partial charge in [-0.05, 0) is 38.0 Å². The maximum absolute atomic E-state index is 12.1. The van der Waals surface area contributed by atoms with E-state index in [4.69, 9.17) is 21.1 Å². The number of nitrogens with one attached hydrogen (secondary N) is 1. The molecular formula is C18H24ClN3O3. The molecule has 0 spiro atoms. The number of amides is 1. The maximum atomic E-state index is 12.1. The van der Waals surface area contributed by atoms with E-state index in [9.17, 15) is 4.79 Å². The third-order valence-electron chi connectivity index (χ3n) is 3.46. The third-order valence-corrected chi connectivity index (χ3v) is 3.66. The minimum absolute atomic E-state index is 0.0230. The summed E-state index contributed by atoms with van der Waals surface area (Å²) < 4.78 is 12.9. The molecule has 2 aromatic rings. The van der Waals surface area contributed by atoms with E-state index in [1.807, 2.05) is 32.0 Å². The van der Waals surface area contributed by atoms with Gasteiger partial charge in [-0.2, -0.15) is 5.10 Å². The Hall–Kier alpha value is -2.21. The lowest BCUT2D eigenvalue weighted by atomic mass is 10.1. The van der Waals surface area contributed by atoms with Crippen molar-refractivity contribution < 1.29 is 14.3 Å². The first-order chi connectivity index (χ1) is 12.1. The van der Waals surface area contributed by atoms with Crippen LogP contribution in [0.15, 0.2) is 30.6 Å². The second-order valence-corrected chi connectivity index (χ2v) is 5.89. The van der Waals surface area contributed by atoms with Gasteiger partial charge in [-0.25, -0.2) is 0 Å². The van der Waals surface area contributed by atoms with Crippen molar-refractivity contribution in [1.29, 1.82) is 0 Å². The van der Waals surface area contributed by atoms with Gasteiger partial charge in [0.05, 0.1) is 30.9 Å². The SMILES string of the molecule is CCOc1ccc(CC(=O)NCCCn2cc(Cl)cn2)cc1OCC. The molecule has 7 heteroatoms. The van der Waals surface area contributed by atoms with Crippen LogP contribution in [0.1, 0.15) is 25.8 Å². The van der Waals surface area contributed by atoms with Crippen molar-refractivity contribution in [2.24, 2.45) is 0 Å². The number of rotatable bonds is 10. The average molecular weight is 366 g/mol. The van der Waals surface area contributed by atoms with E-state index in [0.29, 0.717) is 49.2 Å². The molecule has 0 saturated carbocycles. The van der Waals surface area contributed by atoms with Crippen molar-refractivity contribution in [2.45, 2.75) is 33.2 Å². The van der Waals surface area contributed by atoms with Crippen LogP contribution < -0.4 is 14.8 Å². The molecule has 0 fully saturated rings. The highest BCUT2D eigenvalue weighted by Crippen LogP contribution is 2.28. The molecule has 0 unspecified atom stereocenters. The van der Waals surface area contributed by atoms with Gasteiger partial charge >= 0.3 is 0 Å². The van der Waals surface area contributed by atoms with Crippen LogP contribution in [0.2, 0.25) is 5.02 Å². The summed E-state index contributed by atoms with van der Waals surface area (Å²) in [6.07, 6.45) is 4.46. The van der Waals surface area contributed by atoms with Crippen LogP contribution in [0.3, 0.4) is 0 Å². The monoisotopic (exact) mass is 365 g/mol. The van der Waals surface area contributed by atoms with Gasteiger partial charge < -0.3 is 14.8 Å². The van der Waals surface area contributed by atoms with E-state index < -0.39 is 0 Å². The van der Waals surface area contributed by atoms with Gasteiger partial charge in [-0.3, -0.25) is 9.48 Å². The van der Waals surface area contributed by atoms with E-state index in [0.717, 1.165) is 12.0 Å². The summed E-state index contributed by atoms with van der Waals surface area (Å²) in [6, 6.07) is 5.59. The van der Waals surface area contributed by atoms with E-state index in [-0.39, 0.29) is 5.91 Å². The van der Waals surface area contributed by atoms with Crippen LogP contribution in [0, 0.1) is 0 Å². The quantitative estimate of drug-likeness (QED) is 0.657. The van der Waals surface area contributed by atoms with Crippen LogP contribution >= 0.6 is 11.6 Å². The fourth-order valence-electron chi connectivity index (χ4n) is 2.38. The number of carbonyl (C=O) groups is 1. The number of ether oxygens (including phenoxy) is 2. The van der Waals surface area contributed by atoms with E-state index >= 15 is 0 Å². The molecule has 1 N–H and O–H groups in total. The van der Waals surface area contributed by atoms with Crippen molar-refractivity contribution in [3.05, 3.63) is 41.2 Å². The highest BCUT2D eigenvalue weighted by molar-refractivity contribution is 6.30. The molecule has 0 aliphatic heterocycles. The molecule has 136 valence electrons. The maximum Gasteiger partial charge on any atom is 0.224 e. The second-order valence-electron chi connectivity index (χ2n) is 5.45. The van der Waals surface area contributed by atoms with Crippen molar-refractivity contribution in [3.63, 3.8) is 0 Å². The van der Waals surface area contributed by atoms with Gasteiger partial charge in [0.25, 0.3) is 0 Å². The highest BCUT2D eigenvalue weighted by atomic mass is 35.5. The molecule has 0 saturated heterocycles. The molecule has 0 atom stereocenters. The van der Waals surface area contributed by atoms with Crippen molar-refractivity contribution in [2.75, 3.05) is 19.8 Å². The van der Waals surface area contributed by atoms with Gasteiger partial charge in [-0.1, -0.05) is 17.7 Å². The minimum Gasteiger partial charge on any atom is -0.490 e. The number of hydrogen-bond acceptors (Lipinski definition) is 4. The first kappa shape index (κ1) is 19.1. The Morgan fingerprint density at radius 3 is 2.68 bits per heavy atom. The summed E-state index contributed by atoms with van der Waals surface area (Å²) in [5.74, 6) is 1.35. The fraction of sp³-hybridized carbons (Fsp3) is 0.444. The lowest BCUT2D eigenvalue weighted by molar-refractivity contribution is -0.120. The summed E-state index contributed by atoms with van der Waals surface area (Å²) in [5, 5.41) is 7.63. The Bertz CT molecular complexity index is 688. The molecule has 0 aliphatic rings. The summed E-state index contributed by atoms with van der Waals surface area (Å²) in [7, 11) is 0. The minimum atomic E-state index is -0.0230. The van der Waals surface area contributed by atoms with Crippen molar-refractivity contribution >= 4 is 17.5 Å². The molecule has 1 aromatic heterocycles. The lowest BCUT2D eigenvalue weighted by Gasteiger charge is -2.12. The molecule has 1 amide bonds.